The molecule has 1 aromatic rings. The van der Waals surface area contributed by atoms with Crippen molar-refractivity contribution >= 4 is 11.7 Å². The van der Waals surface area contributed by atoms with Crippen molar-refractivity contribution in [3.05, 3.63) is 24.2 Å². The van der Waals surface area contributed by atoms with E-state index >= 15 is 0 Å². The summed E-state index contributed by atoms with van der Waals surface area (Å²) in [6.45, 7) is 2.55. The van der Waals surface area contributed by atoms with Gasteiger partial charge in [0.05, 0.1) is 12.8 Å². The summed E-state index contributed by atoms with van der Waals surface area (Å²) in [5, 5.41) is 11.3. The molecule has 88 valence electrons. The molecule has 0 saturated carbocycles. The molecule has 3 N–H and O–H groups in total. The van der Waals surface area contributed by atoms with E-state index in [2.05, 4.69) is 5.16 Å². The molecule has 16 heavy (non-hydrogen) atoms. The number of oxime groups is 1. The smallest absolute Gasteiger partial charge is 0.289 e. The molecule has 0 aliphatic rings. The summed E-state index contributed by atoms with van der Waals surface area (Å²) in [7, 11) is 0. The number of carbonyl (C=O) groups excluding carboxylic acids is 1. The molecule has 0 atom stereocenters. The first-order valence-corrected chi connectivity index (χ1v) is 4.98. The maximum absolute atomic E-state index is 11.9. The zero-order valence-electron chi connectivity index (χ0n) is 9.09. The van der Waals surface area contributed by atoms with E-state index in [1.807, 2.05) is 6.92 Å². The van der Waals surface area contributed by atoms with Crippen molar-refractivity contribution in [1.82, 2.24) is 4.90 Å². The summed E-state index contributed by atoms with van der Waals surface area (Å²) in [6, 6.07) is 3.22. The Bertz CT molecular complexity index is 359. The number of nitrogens with zero attached hydrogens (tertiary/aromatic N) is 2. The molecule has 0 saturated heterocycles. The lowest BCUT2D eigenvalue weighted by Gasteiger charge is -2.19. The highest BCUT2D eigenvalue weighted by atomic mass is 16.4. The van der Waals surface area contributed by atoms with Crippen LogP contribution in [-0.2, 0) is 0 Å². The van der Waals surface area contributed by atoms with Gasteiger partial charge in [0.2, 0.25) is 0 Å². The van der Waals surface area contributed by atoms with E-state index in [0.29, 0.717) is 6.54 Å². The second-order valence-electron chi connectivity index (χ2n) is 3.30. The highest BCUT2D eigenvalue weighted by molar-refractivity contribution is 5.94. The minimum Gasteiger partial charge on any atom is -0.459 e. The monoisotopic (exact) mass is 225 g/mol. The molecule has 0 aliphatic heterocycles. The molecular formula is C10H15N3O3. The van der Waals surface area contributed by atoms with Crippen molar-refractivity contribution in [2.45, 2.75) is 13.3 Å². The summed E-state index contributed by atoms with van der Waals surface area (Å²) in [6.07, 6.45) is 2.21. The summed E-state index contributed by atoms with van der Waals surface area (Å²) in [4.78, 5) is 13.4. The van der Waals surface area contributed by atoms with Gasteiger partial charge in [-0.15, -0.1) is 0 Å². The second kappa shape index (κ2) is 5.79. The summed E-state index contributed by atoms with van der Waals surface area (Å²) in [5.74, 6) is -0.0222. The predicted molar refractivity (Wildman–Crippen MR) is 58.3 cm³/mol. The van der Waals surface area contributed by atoms with Crippen LogP contribution in [0, 0.1) is 0 Å². The first kappa shape index (κ1) is 12.1. The van der Waals surface area contributed by atoms with Gasteiger partial charge in [0, 0.05) is 6.54 Å². The van der Waals surface area contributed by atoms with Gasteiger partial charge in [0.15, 0.2) is 11.6 Å². The lowest BCUT2D eigenvalue weighted by atomic mass is 10.3. The molecule has 6 nitrogen and oxygen atoms in total. The first-order chi connectivity index (χ1) is 7.69. The van der Waals surface area contributed by atoms with Crippen LogP contribution in [0.4, 0.5) is 0 Å². The van der Waals surface area contributed by atoms with Crippen molar-refractivity contribution in [1.29, 1.82) is 0 Å². The van der Waals surface area contributed by atoms with Gasteiger partial charge in [0.25, 0.3) is 5.91 Å². The number of hydrogen-bond donors (Lipinski definition) is 2. The van der Waals surface area contributed by atoms with E-state index in [9.17, 15) is 4.79 Å². The lowest BCUT2D eigenvalue weighted by molar-refractivity contribution is 0.0746. The third-order valence-electron chi connectivity index (χ3n) is 1.99. The summed E-state index contributed by atoms with van der Waals surface area (Å²) >= 11 is 0. The van der Waals surface area contributed by atoms with Crippen LogP contribution in [0.5, 0.6) is 0 Å². The molecule has 6 heteroatoms. The number of rotatable bonds is 5. The van der Waals surface area contributed by atoms with Crippen molar-refractivity contribution in [2.75, 3.05) is 13.1 Å². The maximum Gasteiger partial charge on any atom is 0.289 e. The average molecular weight is 225 g/mol. The Morgan fingerprint density at radius 3 is 2.94 bits per heavy atom. The topological polar surface area (TPSA) is 92.1 Å². The highest BCUT2D eigenvalue weighted by Gasteiger charge is 2.18. The van der Waals surface area contributed by atoms with Gasteiger partial charge >= 0.3 is 0 Å². The Balaban J connectivity index is 2.73. The molecule has 0 fully saturated rings. The minimum absolute atomic E-state index is 0.00615. The fourth-order valence-electron chi connectivity index (χ4n) is 1.31. The molecule has 0 bridgehead atoms. The van der Waals surface area contributed by atoms with E-state index < -0.39 is 0 Å². The van der Waals surface area contributed by atoms with E-state index in [4.69, 9.17) is 15.4 Å². The molecule has 0 aromatic carbocycles. The maximum atomic E-state index is 11.9. The first-order valence-electron chi connectivity index (χ1n) is 4.98. The third kappa shape index (κ3) is 3.01. The van der Waals surface area contributed by atoms with Crippen LogP contribution in [0.15, 0.2) is 28.0 Å². The van der Waals surface area contributed by atoms with Gasteiger partial charge in [-0.05, 0) is 18.6 Å². The largest absolute Gasteiger partial charge is 0.459 e. The number of hydrogen-bond acceptors (Lipinski definition) is 4. The fourth-order valence-corrected chi connectivity index (χ4v) is 1.31. The van der Waals surface area contributed by atoms with Crippen LogP contribution in [0.3, 0.4) is 0 Å². The lowest BCUT2D eigenvalue weighted by Crippen LogP contribution is -2.38. The van der Waals surface area contributed by atoms with Gasteiger partial charge < -0.3 is 20.3 Å². The molecule has 1 aromatic heterocycles. The van der Waals surface area contributed by atoms with Gasteiger partial charge in [-0.1, -0.05) is 12.1 Å². The van der Waals surface area contributed by atoms with Gasteiger partial charge in [-0.25, -0.2) is 0 Å². The summed E-state index contributed by atoms with van der Waals surface area (Å²) in [5.41, 5.74) is 5.37. The van der Waals surface area contributed by atoms with Crippen molar-refractivity contribution < 1.29 is 14.4 Å². The third-order valence-corrected chi connectivity index (χ3v) is 1.99. The second-order valence-corrected chi connectivity index (χ2v) is 3.30. The van der Waals surface area contributed by atoms with Crippen LogP contribution >= 0.6 is 0 Å². The van der Waals surface area contributed by atoms with Crippen LogP contribution in [-0.4, -0.2) is 34.9 Å². The van der Waals surface area contributed by atoms with E-state index in [1.54, 1.807) is 12.1 Å². The number of furan rings is 1. The molecule has 0 unspecified atom stereocenters. The average Bonchev–Trinajstić information content (AvgIpc) is 2.80. The molecule has 0 spiro atoms. The van der Waals surface area contributed by atoms with Crippen molar-refractivity contribution in [3.63, 3.8) is 0 Å². The predicted octanol–water partition coefficient (Wildman–Crippen LogP) is 0.878. The fraction of sp³-hybridized carbons (Fsp3) is 0.400. The van der Waals surface area contributed by atoms with Gasteiger partial charge in [0.1, 0.15) is 0 Å². The Morgan fingerprint density at radius 1 is 1.69 bits per heavy atom. The summed E-state index contributed by atoms with van der Waals surface area (Å²) < 4.78 is 5.00. The van der Waals surface area contributed by atoms with Gasteiger partial charge in [-0.3, -0.25) is 4.79 Å². The standard InChI is InChI=1S/C10H15N3O3/c1-2-5-13(7-9(11)12-15)10(14)8-4-3-6-16-8/h3-4,6,15H,2,5,7H2,1H3,(H2,11,12). The molecule has 1 rings (SSSR count). The van der Waals surface area contributed by atoms with Crippen LogP contribution in [0.2, 0.25) is 0 Å². The zero-order valence-corrected chi connectivity index (χ0v) is 9.09. The van der Waals surface area contributed by atoms with E-state index in [-0.39, 0.29) is 24.0 Å². The molecule has 0 aliphatic carbocycles. The van der Waals surface area contributed by atoms with Crippen LogP contribution in [0.1, 0.15) is 23.9 Å². The molecule has 1 heterocycles. The van der Waals surface area contributed by atoms with E-state index in [0.717, 1.165) is 6.42 Å². The number of nitrogens with two attached hydrogens (primary N) is 1. The molecular weight excluding hydrogens is 210 g/mol. The number of amides is 1. The normalized spacial score (nSPS) is 11.4. The van der Waals surface area contributed by atoms with Crippen LogP contribution < -0.4 is 5.73 Å². The minimum atomic E-state index is -0.265. The molecule has 0 radical (unpaired) electrons. The van der Waals surface area contributed by atoms with E-state index in [1.165, 1.54) is 11.2 Å². The Kier molecular flexibility index (Phi) is 4.38. The van der Waals surface area contributed by atoms with Crippen molar-refractivity contribution in [2.24, 2.45) is 10.9 Å². The highest BCUT2D eigenvalue weighted by Crippen LogP contribution is 2.06. The quantitative estimate of drug-likeness (QED) is 0.337. The Morgan fingerprint density at radius 2 is 2.44 bits per heavy atom. The molecule has 1 amide bonds. The number of carbonyl (C=O) groups is 1. The zero-order chi connectivity index (χ0) is 12.0. The van der Waals surface area contributed by atoms with Crippen molar-refractivity contribution in [3.8, 4) is 0 Å². The SMILES string of the molecule is CCCN(CC(N)=NO)C(=O)c1ccco1. The number of amidine groups is 1. The Hall–Kier alpha value is -1.98. The van der Waals surface area contributed by atoms with Gasteiger partial charge in [-0.2, -0.15) is 0 Å². The van der Waals surface area contributed by atoms with Crippen LogP contribution in [0.25, 0.3) is 0 Å². The Labute approximate surface area is 93.3 Å².